The number of hydrogen-bond donors (Lipinski definition) is 0. The first-order valence-corrected chi connectivity index (χ1v) is 5.21. The van der Waals surface area contributed by atoms with Crippen LogP contribution in [0.15, 0.2) is 0 Å². The highest BCUT2D eigenvalue weighted by molar-refractivity contribution is 7.82. The van der Waals surface area contributed by atoms with Crippen molar-refractivity contribution >= 4 is 10.4 Å². The topological polar surface area (TPSA) is 71.1 Å². The van der Waals surface area contributed by atoms with Crippen molar-refractivity contribution < 1.29 is 26.3 Å². The largest absolute Gasteiger partial charge is 0.400 e. The van der Waals surface area contributed by atoms with Gasteiger partial charge in [-0.3, -0.25) is 0 Å². The van der Waals surface area contributed by atoms with Crippen LogP contribution in [0, 0.1) is 0 Å². The Kier molecular flexibility index (Phi) is 2.08. The molecule has 1 unspecified atom stereocenters. The Bertz CT molecular complexity index is 290. The Morgan fingerprint density at radius 2 is 1.92 bits per heavy atom. The second kappa shape index (κ2) is 2.89. The van der Waals surface area contributed by atoms with Gasteiger partial charge in [0.2, 0.25) is 0 Å². The molecule has 0 amide bonds. The Morgan fingerprint density at radius 1 is 1.31 bits per heavy atom. The van der Waals surface area contributed by atoms with E-state index in [0.717, 1.165) is 0 Å². The molecule has 0 bridgehead atoms. The van der Waals surface area contributed by atoms with Gasteiger partial charge in [-0.05, 0) is 6.92 Å². The molecule has 2 saturated heterocycles. The highest BCUT2D eigenvalue weighted by Crippen LogP contribution is 2.30. The van der Waals surface area contributed by atoms with Gasteiger partial charge in [0, 0.05) is 0 Å². The average molecular weight is 210 g/mol. The summed E-state index contributed by atoms with van der Waals surface area (Å²) in [5.41, 5.74) is 0. The quantitative estimate of drug-likeness (QED) is 0.576. The molecule has 0 N–H and O–H groups in total. The smallest absolute Gasteiger partial charge is 0.345 e. The van der Waals surface area contributed by atoms with E-state index in [9.17, 15) is 8.42 Å². The van der Waals surface area contributed by atoms with Crippen LogP contribution in [-0.4, -0.2) is 40.1 Å². The molecule has 0 aromatic carbocycles. The highest BCUT2D eigenvalue weighted by Gasteiger charge is 2.48. The molecule has 0 spiro atoms. The first-order chi connectivity index (χ1) is 6.02. The van der Waals surface area contributed by atoms with E-state index in [1.807, 2.05) is 0 Å². The Morgan fingerprint density at radius 3 is 2.38 bits per heavy atom. The van der Waals surface area contributed by atoms with E-state index in [2.05, 4.69) is 8.37 Å². The SMILES string of the molecule is CC1(C2COS(=O)(=O)O2)OCCO1. The molecule has 6 nitrogen and oxygen atoms in total. The minimum Gasteiger partial charge on any atom is -0.345 e. The summed E-state index contributed by atoms with van der Waals surface area (Å²) in [5, 5.41) is 0. The Hall–Kier alpha value is -0.210. The van der Waals surface area contributed by atoms with Crippen LogP contribution in [0.3, 0.4) is 0 Å². The molecule has 2 heterocycles. The molecule has 2 fully saturated rings. The number of hydrogen-bond acceptors (Lipinski definition) is 6. The molecule has 0 aromatic rings. The first kappa shape index (κ1) is 9.35. The summed E-state index contributed by atoms with van der Waals surface area (Å²) in [6.45, 7) is 2.46. The zero-order valence-corrected chi connectivity index (χ0v) is 7.87. The summed E-state index contributed by atoms with van der Waals surface area (Å²) in [6.07, 6.45) is -0.708. The Labute approximate surface area is 76.0 Å². The summed E-state index contributed by atoms with van der Waals surface area (Å²) in [5.74, 6) is -0.996. The van der Waals surface area contributed by atoms with Crippen molar-refractivity contribution in [3.8, 4) is 0 Å². The van der Waals surface area contributed by atoms with E-state index in [0.29, 0.717) is 13.2 Å². The van der Waals surface area contributed by atoms with Crippen LogP contribution in [0.4, 0.5) is 0 Å². The second-order valence-electron chi connectivity index (χ2n) is 2.99. The maximum Gasteiger partial charge on any atom is 0.400 e. The lowest BCUT2D eigenvalue weighted by atomic mass is 10.2. The molecule has 0 saturated carbocycles. The third-order valence-electron chi connectivity index (χ3n) is 2.04. The van der Waals surface area contributed by atoms with Crippen LogP contribution >= 0.6 is 0 Å². The lowest BCUT2D eigenvalue weighted by molar-refractivity contribution is -0.194. The molecule has 0 aromatic heterocycles. The van der Waals surface area contributed by atoms with E-state index >= 15 is 0 Å². The normalized spacial score (nSPS) is 36.5. The molecule has 2 aliphatic heterocycles. The molecule has 2 rings (SSSR count). The predicted octanol–water partition coefficient (Wildman–Crippen LogP) is -0.590. The standard InChI is InChI=1S/C6H10O6S/c1-6(9-2-3-10-6)5-4-11-13(7,8)12-5/h5H,2-4H2,1H3. The van der Waals surface area contributed by atoms with E-state index in [1.54, 1.807) is 6.92 Å². The molecule has 76 valence electrons. The first-order valence-electron chi connectivity index (χ1n) is 3.87. The van der Waals surface area contributed by atoms with Gasteiger partial charge in [0.15, 0.2) is 11.9 Å². The monoisotopic (exact) mass is 210 g/mol. The number of ether oxygens (including phenoxy) is 2. The van der Waals surface area contributed by atoms with Crippen LogP contribution in [0.5, 0.6) is 0 Å². The van der Waals surface area contributed by atoms with Crippen molar-refractivity contribution in [2.75, 3.05) is 19.8 Å². The molecule has 0 radical (unpaired) electrons. The van der Waals surface area contributed by atoms with Gasteiger partial charge >= 0.3 is 10.4 Å². The van der Waals surface area contributed by atoms with E-state index in [1.165, 1.54) is 0 Å². The van der Waals surface area contributed by atoms with E-state index < -0.39 is 22.3 Å². The van der Waals surface area contributed by atoms with E-state index in [-0.39, 0.29) is 6.61 Å². The third kappa shape index (κ3) is 1.70. The molecule has 13 heavy (non-hydrogen) atoms. The zero-order chi connectivity index (χ0) is 9.53. The third-order valence-corrected chi connectivity index (χ3v) is 2.94. The lowest BCUT2D eigenvalue weighted by Gasteiger charge is -2.25. The maximum absolute atomic E-state index is 10.8. The van der Waals surface area contributed by atoms with Crippen molar-refractivity contribution in [2.24, 2.45) is 0 Å². The highest BCUT2D eigenvalue weighted by atomic mass is 32.3. The van der Waals surface area contributed by atoms with E-state index in [4.69, 9.17) is 9.47 Å². The van der Waals surface area contributed by atoms with Gasteiger partial charge in [-0.15, -0.1) is 0 Å². The average Bonchev–Trinajstić information content (AvgIpc) is 2.58. The Balaban J connectivity index is 2.11. The van der Waals surface area contributed by atoms with Gasteiger partial charge in [-0.2, -0.15) is 8.42 Å². The van der Waals surface area contributed by atoms with Gasteiger partial charge in [-0.25, -0.2) is 8.37 Å². The van der Waals surface area contributed by atoms with Crippen molar-refractivity contribution in [3.63, 3.8) is 0 Å². The van der Waals surface area contributed by atoms with Crippen molar-refractivity contribution in [3.05, 3.63) is 0 Å². The van der Waals surface area contributed by atoms with Gasteiger partial charge in [-0.1, -0.05) is 0 Å². The minimum absolute atomic E-state index is 0.0567. The van der Waals surface area contributed by atoms with Gasteiger partial charge in [0.05, 0.1) is 13.2 Å². The van der Waals surface area contributed by atoms with Gasteiger partial charge in [0.1, 0.15) is 6.61 Å². The second-order valence-corrected chi connectivity index (χ2v) is 4.24. The summed E-state index contributed by atoms with van der Waals surface area (Å²) < 4.78 is 41.1. The fourth-order valence-electron chi connectivity index (χ4n) is 1.30. The van der Waals surface area contributed by atoms with Crippen LogP contribution in [-0.2, 0) is 28.2 Å². The van der Waals surface area contributed by atoms with Crippen LogP contribution in [0.2, 0.25) is 0 Å². The van der Waals surface area contributed by atoms with Crippen molar-refractivity contribution in [1.82, 2.24) is 0 Å². The van der Waals surface area contributed by atoms with Crippen LogP contribution in [0.25, 0.3) is 0 Å². The zero-order valence-electron chi connectivity index (χ0n) is 7.06. The predicted molar refractivity (Wildman–Crippen MR) is 40.1 cm³/mol. The fraction of sp³-hybridized carbons (Fsp3) is 1.00. The number of rotatable bonds is 1. The fourth-order valence-corrected chi connectivity index (χ4v) is 2.16. The molecule has 1 atom stereocenters. The van der Waals surface area contributed by atoms with Gasteiger partial charge < -0.3 is 9.47 Å². The lowest BCUT2D eigenvalue weighted by Crippen LogP contribution is -2.42. The molecule has 0 aliphatic carbocycles. The maximum atomic E-state index is 10.8. The molecular weight excluding hydrogens is 200 g/mol. The van der Waals surface area contributed by atoms with Crippen LogP contribution in [0.1, 0.15) is 6.92 Å². The van der Waals surface area contributed by atoms with Crippen molar-refractivity contribution in [1.29, 1.82) is 0 Å². The molecular formula is C6H10O6S. The summed E-state index contributed by atoms with van der Waals surface area (Å²) in [7, 11) is -3.83. The molecule has 7 heteroatoms. The van der Waals surface area contributed by atoms with Gasteiger partial charge in [0.25, 0.3) is 0 Å². The summed E-state index contributed by atoms with van der Waals surface area (Å²) in [4.78, 5) is 0. The summed E-state index contributed by atoms with van der Waals surface area (Å²) in [6, 6.07) is 0. The van der Waals surface area contributed by atoms with Crippen LogP contribution < -0.4 is 0 Å². The van der Waals surface area contributed by atoms with Crippen molar-refractivity contribution in [2.45, 2.75) is 18.8 Å². The molecule has 2 aliphatic rings. The summed E-state index contributed by atoms with van der Waals surface area (Å²) >= 11 is 0. The minimum atomic E-state index is -3.83.